The van der Waals surface area contributed by atoms with Crippen molar-refractivity contribution in [2.24, 2.45) is 11.8 Å². The van der Waals surface area contributed by atoms with Gasteiger partial charge in [-0.3, -0.25) is 0 Å². The summed E-state index contributed by atoms with van der Waals surface area (Å²) in [6.07, 6.45) is 3.60. The lowest BCUT2D eigenvalue weighted by Crippen LogP contribution is -2.38. The number of carbonyl (C=O) groups excluding carboxylic acids is 1. The first-order valence-corrected chi connectivity index (χ1v) is 8.83. The van der Waals surface area contributed by atoms with E-state index in [1.165, 1.54) is 36.0 Å². The summed E-state index contributed by atoms with van der Waals surface area (Å²) in [5.74, 6) is 1.22. The van der Waals surface area contributed by atoms with Crippen LogP contribution >= 0.6 is 0 Å². The van der Waals surface area contributed by atoms with Gasteiger partial charge in [0.15, 0.2) is 0 Å². The van der Waals surface area contributed by atoms with E-state index in [4.69, 9.17) is 4.74 Å². The molecule has 0 spiro atoms. The third kappa shape index (κ3) is 3.11. The van der Waals surface area contributed by atoms with Crippen LogP contribution in [0.3, 0.4) is 0 Å². The highest BCUT2D eigenvalue weighted by atomic mass is 16.6. The van der Waals surface area contributed by atoms with E-state index >= 15 is 0 Å². The van der Waals surface area contributed by atoms with Crippen molar-refractivity contribution >= 4 is 6.09 Å². The van der Waals surface area contributed by atoms with Crippen molar-refractivity contribution in [2.45, 2.75) is 65.5 Å². The Kier molecular flexibility index (Phi) is 4.16. The van der Waals surface area contributed by atoms with E-state index in [-0.39, 0.29) is 12.1 Å². The van der Waals surface area contributed by atoms with Gasteiger partial charge in [0, 0.05) is 6.54 Å². The SMILES string of the molecule is Cc1cccc(C)c1C1C2CCCC2CN1C(=O)OC(C)(C)C. The molecule has 1 aliphatic carbocycles. The number of hydrogen-bond acceptors (Lipinski definition) is 2. The lowest BCUT2D eigenvalue weighted by Gasteiger charge is -2.32. The second-order valence-electron chi connectivity index (χ2n) is 8.24. The third-order valence-electron chi connectivity index (χ3n) is 5.36. The van der Waals surface area contributed by atoms with E-state index in [0.29, 0.717) is 11.8 Å². The molecule has 3 nitrogen and oxygen atoms in total. The van der Waals surface area contributed by atoms with Gasteiger partial charge < -0.3 is 9.64 Å². The number of likely N-dealkylation sites (tertiary alicyclic amines) is 1. The molecular weight excluding hydrogens is 286 g/mol. The highest BCUT2D eigenvalue weighted by Crippen LogP contribution is 2.51. The highest BCUT2D eigenvalue weighted by molar-refractivity contribution is 5.70. The van der Waals surface area contributed by atoms with Crippen LogP contribution in [0.1, 0.15) is 62.8 Å². The molecule has 1 saturated carbocycles. The van der Waals surface area contributed by atoms with Gasteiger partial charge in [0.2, 0.25) is 0 Å². The zero-order valence-corrected chi connectivity index (χ0v) is 15.1. The van der Waals surface area contributed by atoms with Crippen LogP contribution in [0.2, 0.25) is 0 Å². The Balaban J connectivity index is 1.97. The number of nitrogens with zero attached hydrogens (tertiary/aromatic N) is 1. The van der Waals surface area contributed by atoms with Gasteiger partial charge in [-0.2, -0.15) is 0 Å². The fourth-order valence-electron chi connectivity index (χ4n) is 4.48. The van der Waals surface area contributed by atoms with Gasteiger partial charge in [0.1, 0.15) is 5.60 Å². The van der Waals surface area contributed by atoms with E-state index in [0.717, 1.165) is 6.54 Å². The minimum absolute atomic E-state index is 0.153. The molecule has 3 atom stereocenters. The van der Waals surface area contributed by atoms with Crippen LogP contribution in [-0.2, 0) is 4.74 Å². The molecule has 3 rings (SSSR count). The molecule has 2 aliphatic rings. The quantitative estimate of drug-likeness (QED) is 0.729. The Bertz CT molecular complexity index is 582. The predicted molar refractivity (Wildman–Crippen MR) is 92.4 cm³/mol. The Hall–Kier alpha value is -1.51. The summed E-state index contributed by atoms with van der Waals surface area (Å²) in [4.78, 5) is 14.8. The van der Waals surface area contributed by atoms with Crippen molar-refractivity contribution in [3.05, 3.63) is 34.9 Å². The van der Waals surface area contributed by atoms with Crippen molar-refractivity contribution in [1.29, 1.82) is 0 Å². The molecule has 126 valence electrons. The zero-order chi connectivity index (χ0) is 16.8. The number of carbonyl (C=O) groups is 1. The molecule has 0 N–H and O–H groups in total. The molecule has 1 aliphatic heterocycles. The third-order valence-corrected chi connectivity index (χ3v) is 5.36. The highest BCUT2D eigenvalue weighted by Gasteiger charge is 2.48. The monoisotopic (exact) mass is 315 g/mol. The minimum atomic E-state index is -0.444. The van der Waals surface area contributed by atoms with Crippen LogP contribution in [0.5, 0.6) is 0 Å². The molecule has 3 heteroatoms. The molecule has 0 radical (unpaired) electrons. The molecule has 1 amide bonds. The zero-order valence-electron chi connectivity index (χ0n) is 15.1. The summed E-state index contributed by atoms with van der Waals surface area (Å²) in [5, 5.41) is 0. The fraction of sp³-hybridized carbons (Fsp3) is 0.650. The maximum atomic E-state index is 12.8. The van der Waals surface area contributed by atoms with Crippen molar-refractivity contribution in [1.82, 2.24) is 4.90 Å². The molecule has 0 aromatic heterocycles. The minimum Gasteiger partial charge on any atom is -0.444 e. The first-order chi connectivity index (χ1) is 10.8. The van der Waals surface area contributed by atoms with Gasteiger partial charge in [-0.25, -0.2) is 4.79 Å². The van der Waals surface area contributed by atoms with E-state index in [1.807, 2.05) is 25.7 Å². The van der Waals surface area contributed by atoms with Crippen LogP contribution in [0.4, 0.5) is 4.79 Å². The molecule has 23 heavy (non-hydrogen) atoms. The molecule has 3 unspecified atom stereocenters. The van der Waals surface area contributed by atoms with Crippen LogP contribution in [0.25, 0.3) is 0 Å². The van der Waals surface area contributed by atoms with Gasteiger partial charge in [0.25, 0.3) is 0 Å². The standard InChI is InChI=1S/C20H29NO2/c1-13-8-6-9-14(2)17(13)18-16-11-7-10-15(16)12-21(18)19(22)23-20(3,4)5/h6,8-9,15-16,18H,7,10-12H2,1-5H3. The van der Waals surface area contributed by atoms with Gasteiger partial charge >= 0.3 is 6.09 Å². The average molecular weight is 315 g/mol. The van der Waals surface area contributed by atoms with Crippen LogP contribution in [-0.4, -0.2) is 23.1 Å². The first-order valence-electron chi connectivity index (χ1n) is 8.83. The van der Waals surface area contributed by atoms with E-state index in [1.54, 1.807) is 0 Å². The molecule has 1 heterocycles. The number of aryl methyl sites for hydroxylation is 2. The second kappa shape index (κ2) is 5.85. The number of fused-ring (bicyclic) bond motifs is 1. The summed E-state index contributed by atoms with van der Waals surface area (Å²) in [6.45, 7) is 11.0. The first kappa shape index (κ1) is 16.4. The maximum Gasteiger partial charge on any atom is 0.410 e. The number of amides is 1. The molecule has 1 aromatic rings. The predicted octanol–water partition coefficient (Wildman–Crippen LogP) is 5.01. The van der Waals surface area contributed by atoms with Crippen LogP contribution in [0.15, 0.2) is 18.2 Å². The number of benzene rings is 1. The van der Waals surface area contributed by atoms with Crippen molar-refractivity contribution in [2.75, 3.05) is 6.54 Å². The number of ether oxygens (including phenoxy) is 1. The number of hydrogen-bond donors (Lipinski definition) is 0. The van der Waals surface area contributed by atoms with Gasteiger partial charge in [0.05, 0.1) is 6.04 Å². The summed E-state index contributed by atoms with van der Waals surface area (Å²) in [7, 11) is 0. The summed E-state index contributed by atoms with van der Waals surface area (Å²) in [6, 6.07) is 6.61. The van der Waals surface area contributed by atoms with E-state index in [9.17, 15) is 4.79 Å². The van der Waals surface area contributed by atoms with E-state index < -0.39 is 5.60 Å². The Morgan fingerprint density at radius 1 is 1.17 bits per heavy atom. The van der Waals surface area contributed by atoms with Crippen LogP contribution < -0.4 is 0 Å². The second-order valence-corrected chi connectivity index (χ2v) is 8.24. The molecular formula is C20H29NO2. The van der Waals surface area contributed by atoms with Gasteiger partial charge in [-0.1, -0.05) is 24.6 Å². The summed E-state index contributed by atoms with van der Waals surface area (Å²) < 4.78 is 5.71. The van der Waals surface area contributed by atoms with Crippen LogP contribution in [0, 0.1) is 25.7 Å². The van der Waals surface area contributed by atoms with Crippen molar-refractivity contribution in [3.8, 4) is 0 Å². The lowest BCUT2D eigenvalue weighted by molar-refractivity contribution is 0.0198. The number of rotatable bonds is 1. The van der Waals surface area contributed by atoms with Gasteiger partial charge in [-0.05, 0) is 76.0 Å². The maximum absolute atomic E-state index is 12.8. The van der Waals surface area contributed by atoms with Gasteiger partial charge in [-0.15, -0.1) is 0 Å². The van der Waals surface area contributed by atoms with E-state index in [2.05, 4.69) is 32.0 Å². The Morgan fingerprint density at radius 2 is 1.83 bits per heavy atom. The lowest BCUT2D eigenvalue weighted by atomic mass is 9.85. The fourth-order valence-corrected chi connectivity index (χ4v) is 4.48. The molecule has 1 saturated heterocycles. The smallest absolute Gasteiger partial charge is 0.410 e. The largest absolute Gasteiger partial charge is 0.444 e. The van der Waals surface area contributed by atoms with Crippen molar-refractivity contribution < 1.29 is 9.53 Å². The molecule has 1 aromatic carbocycles. The Morgan fingerprint density at radius 3 is 2.43 bits per heavy atom. The molecule has 0 bridgehead atoms. The molecule has 2 fully saturated rings. The van der Waals surface area contributed by atoms with Crippen molar-refractivity contribution in [3.63, 3.8) is 0 Å². The average Bonchev–Trinajstić information content (AvgIpc) is 2.98. The summed E-state index contributed by atoms with van der Waals surface area (Å²) >= 11 is 0. The normalized spacial score (nSPS) is 27.2. The topological polar surface area (TPSA) is 29.5 Å². The summed E-state index contributed by atoms with van der Waals surface area (Å²) in [5.41, 5.74) is 3.47. The Labute approximate surface area is 140 Å².